The summed E-state index contributed by atoms with van der Waals surface area (Å²) < 4.78 is 0. The molecule has 0 aromatic heterocycles. The van der Waals surface area contributed by atoms with Crippen molar-refractivity contribution in [3.8, 4) is 0 Å². The van der Waals surface area contributed by atoms with Crippen LogP contribution in [-0.2, 0) is 11.3 Å². The topological polar surface area (TPSA) is 32.3 Å². The first kappa shape index (κ1) is 16.4. The average molecular weight is 306 g/mol. The van der Waals surface area contributed by atoms with Crippen LogP contribution < -0.4 is 5.32 Å². The van der Waals surface area contributed by atoms with E-state index in [9.17, 15) is 4.79 Å². The van der Waals surface area contributed by atoms with E-state index in [-0.39, 0.29) is 11.9 Å². The van der Waals surface area contributed by atoms with Gasteiger partial charge < -0.3 is 10.2 Å². The summed E-state index contributed by atoms with van der Waals surface area (Å²) in [5, 5.41) is 3.49. The van der Waals surface area contributed by atoms with Crippen molar-refractivity contribution in [3.05, 3.63) is 35.9 Å². The van der Waals surface area contributed by atoms with Gasteiger partial charge in [0.25, 0.3) is 0 Å². The smallest absolute Gasteiger partial charge is 0.240 e. The maximum Gasteiger partial charge on any atom is 0.240 e. The summed E-state index contributed by atoms with van der Waals surface area (Å²) in [7, 11) is 0. The molecule has 0 bridgehead atoms. The molecule has 4 heteroatoms. The molecule has 0 aliphatic carbocycles. The number of carbonyl (C=O) groups is 1. The van der Waals surface area contributed by atoms with Crippen molar-refractivity contribution >= 4 is 17.7 Å². The number of benzene rings is 1. The van der Waals surface area contributed by atoms with Gasteiger partial charge in [-0.25, -0.2) is 0 Å². The van der Waals surface area contributed by atoms with Gasteiger partial charge in [-0.05, 0) is 11.5 Å². The van der Waals surface area contributed by atoms with Crippen molar-refractivity contribution in [1.29, 1.82) is 0 Å². The summed E-state index contributed by atoms with van der Waals surface area (Å²) in [5.41, 5.74) is 1.23. The lowest BCUT2D eigenvalue weighted by molar-refractivity contribution is -0.134. The SMILES string of the molecule is CC[C@@H](C)[C@H](NCc1ccccc1)C(=O)N1CCSCC1. The summed E-state index contributed by atoms with van der Waals surface area (Å²) in [6.07, 6.45) is 1.01. The van der Waals surface area contributed by atoms with Crippen molar-refractivity contribution in [2.45, 2.75) is 32.9 Å². The Balaban J connectivity index is 1.98. The molecule has 0 unspecified atom stereocenters. The Kier molecular flexibility index (Phi) is 6.58. The molecule has 1 fully saturated rings. The summed E-state index contributed by atoms with van der Waals surface area (Å²) in [5.74, 6) is 2.77. The van der Waals surface area contributed by atoms with Crippen LogP contribution in [-0.4, -0.2) is 41.4 Å². The fourth-order valence-corrected chi connectivity index (χ4v) is 3.47. The number of nitrogens with one attached hydrogen (secondary N) is 1. The molecule has 2 rings (SSSR count). The van der Waals surface area contributed by atoms with E-state index >= 15 is 0 Å². The van der Waals surface area contributed by atoms with Crippen LogP contribution in [0.4, 0.5) is 0 Å². The molecule has 0 radical (unpaired) electrons. The second-order valence-electron chi connectivity index (χ2n) is 5.67. The van der Waals surface area contributed by atoms with Crippen molar-refractivity contribution in [2.75, 3.05) is 24.6 Å². The third kappa shape index (κ3) is 4.75. The van der Waals surface area contributed by atoms with Crippen LogP contribution in [0.25, 0.3) is 0 Å². The lowest BCUT2D eigenvalue weighted by atomic mass is 9.97. The normalized spacial score (nSPS) is 18.3. The van der Waals surface area contributed by atoms with Crippen LogP contribution in [0.3, 0.4) is 0 Å². The van der Waals surface area contributed by atoms with Gasteiger partial charge >= 0.3 is 0 Å². The number of hydrogen-bond donors (Lipinski definition) is 1. The highest BCUT2D eigenvalue weighted by molar-refractivity contribution is 7.99. The molecule has 1 N–H and O–H groups in total. The fourth-order valence-electron chi connectivity index (χ4n) is 2.57. The molecular formula is C17H26N2OS. The summed E-state index contributed by atoms with van der Waals surface area (Å²) in [4.78, 5) is 14.8. The average Bonchev–Trinajstić information content (AvgIpc) is 2.56. The van der Waals surface area contributed by atoms with Gasteiger partial charge in [0.2, 0.25) is 5.91 Å². The standard InChI is InChI=1S/C17H26N2OS/c1-3-14(2)16(17(20)19-9-11-21-12-10-19)18-13-15-7-5-4-6-8-15/h4-8,14,16,18H,3,9-13H2,1-2H3/t14-,16+/m1/s1. The molecule has 3 nitrogen and oxygen atoms in total. The molecule has 1 aromatic carbocycles. The Hall–Kier alpha value is -1.00. The van der Waals surface area contributed by atoms with Gasteiger partial charge in [-0.2, -0.15) is 11.8 Å². The molecule has 1 aromatic rings. The quantitative estimate of drug-likeness (QED) is 0.877. The number of thioether (sulfide) groups is 1. The van der Waals surface area contributed by atoms with Gasteiger partial charge in [-0.15, -0.1) is 0 Å². The van der Waals surface area contributed by atoms with Crippen molar-refractivity contribution < 1.29 is 4.79 Å². The maximum absolute atomic E-state index is 12.8. The van der Waals surface area contributed by atoms with Crippen LogP contribution in [0.2, 0.25) is 0 Å². The molecule has 1 saturated heterocycles. The minimum absolute atomic E-state index is 0.0710. The summed E-state index contributed by atoms with van der Waals surface area (Å²) >= 11 is 1.94. The van der Waals surface area contributed by atoms with E-state index in [0.29, 0.717) is 5.92 Å². The number of hydrogen-bond acceptors (Lipinski definition) is 3. The molecular weight excluding hydrogens is 280 g/mol. The molecule has 116 valence electrons. The Morgan fingerprint density at radius 3 is 2.57 bits per heavy atom. The lowest BCUT2D eigenvalue weighted by Gasteiger charge is -2.33. The molecule has 2 atom stereocenters. The molecule has 0 spiro atoms. The molecule has 0 saturated carbocycles. The van der Waals surface area contributed by atoms with E-state index in [1.807, 2.05) is 34.9 Å². The Bertz CT molecular complexity index is 432. The Labute approximate surface area is 132 Å². The highest BCUT2D eigenvalue weighted by atomic mass is 32.2. The molecule has 1 heterocycles. The fraction of sp³-hybridized carbons (Fsp3) is 0.588. The third-order valence-electron chi connectivity index (χ3n) is 4.17. The second kappa shape index (κ2) is 8.44. The van der Waals surface area contributed by atoms with Crippen LogP contribution in [0.15, 0.2) is 30.3 Å². The van der Waals surface area contributed by atoms with Crippen LogP contribution in [0.1, 0.15) is 25.8 Å². The second-order valence-corrected chi connectivity index (χ2v) is 6.89. The maximum atomic E-state index is 12.8. The first-order valence-corrected chi connectivity index (χ1v) is 9.01. The minimum Gasteiger partial charge on any atom is -0.340 e. The minimum atomic E-state index is -0.0710. The van der Waals surface area contributed by atoms with E-state index < -0.39 is 0 Å². The van der Waals surface area contributed by atoms with Gasteiger partial charge in [-0.3, -0.25) is 4.79 Å². The van der Waals surface area contributed by atoms with Crippen LogP contribution >= 0.6 is 11.8 Å². The zero-order chi connectivity index (χ0) is 15.1. The Morgan fingerprint density at radius 2 is 1.95 bits per heavy atom. The zero-order valence-electron chi connectivity index (χ0n) is 13.0. The van der Waals surface area contributed by atoms with E-state index in [2.05, 4.69) is 31.3 Å². The van der Waals surface area contributed by atoms with Crippen LogP contribution in [0, 0.1) is 5.92 Å². The van der Waals surface area contributed by atoms with Gasteiger partial charge in [0.05, 0.1) is 6.04 Å². The largest absolute Gasteiger partial charge is 0.340 e. The van der Waals surface area contributed by atoms with Crippen molar-refractivity contribution in [2.24, 2.45) is 5.92 Å². The molecule has 1 aliphatic heterocycles. The van der Waals surface area contributed by atoms with E-state index in [1.165, 1.54) is 5.56 Å². The number of rotatable bonds is 6. The Morgan fingerprint density at radius 1 is 1.29 bits per heavy atom. The number of carbonyl (C=O) groups excluding carboxylic acids is 1. The zero-order valence-corrected chi connectivity index (χ0v) is 13.9. The first-order chi connectivity index (χ1) is 10.2. The van der Waals surface area contributed by atoms with Crippen LogP contribution in [0.5, 0.6) is 0 Å². The van der Waals surface area contributed by atoms with Gasteiger partial charge in [0, 0.05) is 31.1 Å². The highest BCUT2D eigenvalue weighted by Crippen LogP contribution is 2.16. The summed E-state index contributed by atoms with van der Waals surface area (Å²) in [6, 6.07) is 10.2. The van der Waals surface area contributed by atoms with Crippen molar-refractivity contribution in [1.82, 2.24) is 10.2 Å². The molecule has 21 heavy (non-hydrogen) atoms. The third-order valence-corrected chi connectivity index (χ3v) is 5.11. The van der Waals surface area contributed by atoms with E-state index in [0.717, 1.165) is 37.6 Å². The van der Waals surface area contributed by atoms with Crippen molar-refractivity contribution in [3.63, 3.8) is 0 Å². The lowest BCUT2D eigenvalue weighted by Crippen LogP contribution is -2.51. The number of amides is 1. The monoisotopic (exact) mass is 306 g/mol. The van der Waals surface area contributed by atoms with Gasteiger partial charge in [0.1, 0.15) is 0 Å². The first-order valence-electron chi connectivity index (χ1n) is 7.86. The molecule has 1 aliphatic rings. The van der Waals surface area contributed by atoms with E-state index in [1.54, 1.807) is 0 Å². The molecule has 1 amide bonds. The predicted molar refractivity (Wildman–Crippen MR) is 90.4 cm³/mol. The number of nitrogens with zero attached hydrogens (tertiary/aromatic N) is 1. The van der Waals surface area contributed by atoms with E-state index in [4.69, 9.17) is 0 Å². The van der Waals surface area contributed by atoms with Gasteiger partial charge in [-0.1, -0.05) is 50.6 Å². The predicted octanol–water partition coefficient (Wildman–Crippen LogP) is 2.77. The highest BCUT2D eigenvalue weighted by Gasteiger charge is 2.28. The van der Waals surface area contributed by atoms with Gasteiger partial charge in [0.15, 0.2) is 0 Å². The summed E-state index contributed by atoms with van der Waals surface area (Å²) in [6.45, 7) is 6.86.